The second kappa shape index (κ2) is 5.08. The monoisotopic (exact) mass is 233 g/mol. The Kier molecular flexibility index (Phi) is 3.52. The van der Waals surface area contributed by atoms with E-state index in [0.29, 0.717) is 12.3 Å². The van der Waals surface area contributed by atoms with Crippen molar-refractivity contribution in [3.63, 3.8) is 0 Å². The van der Waals surface area contributed by atoms with Gasteiger partial charge in [-0.2, -0.15) is 0 Å². The molecule has 1 heterocycles. The standard InChI is InChI=1S/C13H19N3O/c1-10-4-5-12-11(9-10)3-2-7-16(12)8-6-13(14)15-17/h4-5,9,17H,2-3,6-8H2,1H3,(H2,14,15). The molecule has 1 aromatic carbocycles. The van der Waals surface area contributed by atoms with Crippen LogP contribution < -0.4 is 10.6 Å². The summed E-state index contributed by atoms with van der Waals surface area (Å²) in [5.74, 6) is 0.296. The fourth-order valence-electron chi connectivity index (χ4n) is 2.34. The third-order valence-electron chi connectivity index (χ3n) is 3.22. The van der Waals surface area contributed by atoms with Gasteiger partial charge >= 0.3 is 0 Å². The van der Waals surface area contributed by atoms with E-state index in [-0.39, 0.29) is 0 Å². The van der Waals surface area contributed by atoms with Crippen LogP contribution in [0.3, 0.4) is 0 Å². The van der Waals surface area contributed by atoms with Gasteiger partial charge in [0.1, 0.15) is 5.84 Å². The molecule has 0 aliphatic carbocycles. The van der Waals surface area contributed by atoms with Crippen molar-refractivity contribution in [3.05, 3.63) is 29.3 Å². The fraction of sp³-hybridized carbons (Fsp3) is 0.462. The minimum absolute atomic E-state index is 0.296. The zero-order chi connectivity index (χ0) is 12.3. The number of hydrogen-bond acceptors (Lipinski definition) is 3. The van der Waals surface area contributed by atoms with Gasteiger partial charge in [0.2, 0.25) is 0 Å². The predicted molar refractivity (Wildman–Crippen MR) is 69.7 cm³/mol. The molecule has 0 atom stereocenters. The van der Waals surface area contributed by atoms with Crippen LogP contribution in [0.2, 0.25) is 0 Å². The zero-order valence-electron chi connectivity index (χ0n) is 10.2. The smallest absolute Gasteiger partial charge is 0.140 e. The van der Waals surface area contributed by atoms with Crippen molar-refractivity contribution in [1.82, 2.24) is 0 Å². The van der Waals surface area contributed by atoms with Gasteiger partial charge in [0.15, 0.2) is 0 Å². The van der Waals surface area contributed by atoms with E-state index >= 15 is 0 Å². The summed E-state index contributed by atoms with van der Waals surface area (Å²) in [4.78, 5) is 2.32. The van der Waals surface area contributed by atoms with E-state index < -0.39 is 0 Å². The van der Waals surface area contributed by atoms with E-state index in [4.69, 9.17) is 10.9 Å². The molecule has 4 nitrogen and oxygen atoms in total. The molecule has 1 aliphatic heterocycles. The summed E-state index contributed by atoms with van der Waals surface area (Å²) in [7, 11) is 0. The maximum absolute atomic E-state index is 8.54. The van der Waals surface area contributed by atoms with Gasteiger partial charge in [-0.05, 0) is 31.4 Å². The van der Waals surface area contributed by atoms with E-state index in [1.54, 1.807) is 0 Å². The highest BCUT2D eigenvalue weighted by atomic mass is 16.4. The Morgan fingerprint density at radius 3 is 3.12 bits per heavy atom. The van der Waals surface area contributed by atoms with Crippen molar-refractivity contribution in [2.24, 2.45) is 10.9 Å². The summed E-state index contributed by atoms with van der Waals surface area (Å²) in [5.41, 5.74) is 9.53. The van der Waals surface area contributed by atoms with Crippen LogP contribution in [0.5, 0.6) is 0 Å². The minimum atomic E-state index is 0.296. The van der Waals surface area contributed by atoms with Crippen molar-refractivity contribution in [2.75, 3.05) is 18.0 Å². The Morgan fingerprint density at radius 1 is 1.53 bits per heavy atom. The number of benzene rings is 1. The summed E-state index contributed by atoms with van der Waals surface area (Å²) in [5, 5.41) is 11.6. The van der Waals surface area contributed by atoms with Gasteiger partial charge in [0.25, 0.3) is 0 Å². The molecule has 4 heteroatoms. The number of amidine groups is 1. The molecule has 92 valence electrons. The molecule has 1 aliphatic rings. The Bertz CT molecular complexity index is 429. The molecule has 0 bridgehead atoms. The number of aryl methyl sites for hydroxylation is 2. The molecule has 0 aromatic heterocycles. The summed E-state index contributed by atoms with van der Waals surface area (Å²) in [6.45, 7) is 3.98. The third-order valence-corrected chi connectivity index (χ3v) is 3.22. The average molecular weight is 233 g/mol. The van der Waals surface area contributed by atoms with Crippen molar-refractivity contribution in [1.29, 1.82) is 0 Å². The van der Waals surface area contributed by atoms with E-state index in [2.05, 4.69) is 35.2 Å². The van der Waals surface area contributed by atoms with Crippen molar-refractivity contribution >= 4 is 11.5 Å². The van der Waals surface area contributed by atoms with Crippen LogP contribution in [0.15, 0.2) is 23.4 Å². The van der Waals surface area contributed by atoms with Crippen molar-refractivity contribution in [2.45, 2.75) is 26.2 Å². The van der Waals surface area contributed by atoms with Crippen LogP contribution in [0.1, 0.15) is 24.0 Å². The maximum atomic E-state index is 8.54. The minimum Gasteiger partial charge on any atom is -0.409 e. The highest BCUT2D eigenvalue weighted by Gasteiger charge is 2.16. The van der Waals surface area contributed by atoms with Gasteiger partial charge in [-0.15, -0.1) is 0 Å². The van der Waals surface area contributed by atoms with Crippen molar-refractivity contribution in [3.8, 4) is 0 Å². The lowest BCUT2D eigenvalue weighted by Crippen LogP contribution is -2.32. The highest BCUT2D eigenvalue weighted by Crippen LogP contribution is 2.27. The largest absolute Gasteiger partial charge is 0.409 e. The molecular weight excluding hydrogens is 214 g/mol. The number of nitrogens with two attached hydrogens (primary N) is 1. The van der Waals surface area contributed by atoms with E-state index in [1.165, 1.54) is 23.2 Å². The SMILES string of the molecule is Cc1ccc2c(c1)CCCN2CC/C(N)=N/O. The predicted octanol–water partition coefficient (Wildman–Crippen LogP) is 1.88. The lowest BCUT2D eigenvalue weighted by Gasteiger charge is -2.31. The summed E-state index contributed by atoms with van der Waals surface area (Å²) < 4.78 is 0. The molecule has 0 spiro atoms. The van der Waals surface area contributed by atoms with Gasteiger partial charge in [0, 0.05) is 25.2 Å². The van der Waals surface area contributed by atoms with Gasteiger partial charge in [-0.3, -0.25) is 0 Å². The van der Waals surface area contributed by atoms with Crippen LogP contribution in [0.25, 0.3) is 0 Å². The number of rotatable bonds is 3. The second-order valence-electron chi connectivity index (χ2n) is 4.56. The fourth-order valence-corrected chi connectivity index (χ4v) is 2.34. The van der Waals surface area contributed by atoms with Crippen molar-refractivity contribution < 1.29 is 5.21 Å². The summed E-state index contributed by atoms with van der Waals surface area (Å²) in [6, 6.07) is 6.57. The average Bonchev–Trinajstić information content (AvgIpc) is 2.35. The first kappa shape index (κ1) is 11.8. The molecule has 0 radical (unpaired) electrons. The Hall–Kier alpha value is -1.71. The lowest BCUT2D eigenvalue weighted by molar-refractivity contribution is 0.317. The van der Waals surface area contributed by atoms with E-state index in [0.717, 1.165) is 19.5 Å². The molecule has 17 heavy (non-hydrogen) atoms. The Labute approximate surface area is 102 Å². The number of anilines is 1. The van der Waals surface area contributed by atoms with Crippen LogP contribution >= 0.6 is 0 Å². The molecule has 0 unspecified atom stereocenters. The topological polar surface area (TPSA) is 61.8 Å². The number of fused-ring (bicyclic) bond motifs is 1. The van der Waals surface area contributed by atoms with Crippen LogP contribution in [-0.4, -0.2) is 24.1 Å². The number of hydrogen-bond donors (Lipinski definition) is 2. The molecular formula is C13H19N3O. The summed E-state index contributed by atoms with van der Waals surface area (Å²) >= 11 is 0. The quantitative estimate of drug-likeness (QED) is 0.363. The lowest BCUT2D eigenvalue weighted by atomic mass is 9.99. The zero-order valence-corrected chi connectivity index (χ0v) is 10.2. The van der Waals surface area contributed by atoms with Crippen LogP contribution in [0, 0.1) is 6.92 Å². The van der Waals surface area contributed by atoms with Gasteiger partial charge < -0.3 is 15.8 Å². The first-order chi connectivity index (χ1) is 8.20. The van der Waals surface area contributed by atoms with Gasteiger partial charge in [-0.25, -0.2) is 0 Å². The van der Waals surface area contributed by atoms with Gasteiger partial charge in [0.05, 0.1) is 0 Å². The van der Waals surface area contributed by atoms with Crippen LogP contribution in [0.4, 0.5) is 5.69 Å². The number of nitrogens with zero attached hydrogens (tertiary/aromatic N) is 2. The Balaban J connectivity index is 2.12. The maximum Gasteiger partial charge on any atom is 0.140 e. The molecule has 0 saturated heterocycles. The highest BCUT2D eigenvalue weighted by molar-refractivity contribution is 5.80. The molecule has 0 fully saturated rings. The molecule has 1 aromatic rings. The normalized spacial score (nSPS) is 15.8. The Morgan fingerprint density at radius 2 is 2.35 bits per heavy atom. The first-order valence-corrected chi connectivity index (χ1v) is 6.01. The van der Waals surface area contributed by atoms with Gasteiger partial charge in [-0.1, -0.05) is 22.9 Å². The van der Waals surface area contributed by atoms with Crippen LogP contribution in [-0.2, 0) is 6.42 Å². The molecule has 0 amide bonds. The van der Waals surface area contributed by atoms with E-state index in [9.17, 15) is 0 Å². The molecule has 0 saturated carbocycles. The molecule has 3 N–H and O–H groups in total. The summed E-state index contributed by atoms with van der Waals surface area (Å²) in [6.07, 6.45) is 2.92. The molecule has 2 rings (SSSR count). The number of oxime groups is 1. The van der Waals surface area contributed by atoms with E-state index in [1.807, 2.05) is 0 Å². The first-order valence-electron chi connectivity index (χ1n) is 6.01. The second-order valence-corrected chi connectivity index (χ2v) is 4.56. The third kappa shape index (κ3) is 2.70.